The molecule has 0 radical (unpaired) electrons. The average molecular weight is 321 g/mol. The lowest BCUT2D eigenvalue weighted by Gasteiger charge is -2.39. The summed E-state index contributed by atoms with van der Waals surface area (Å²) < 4.78 is 11.6. The smallest absolute Gasteiger partial charge is 0.0780 e. The number of alkyl halides is 1. The third-order valence-corrected chi connectivity index (χ3v) is 4.96. The van der Waals surface area contributed by atoms with E-state index in [0.29, 0.717) is 0 Å². The molecular formula is C15H29BrO2. The van der Waals surface area contributed by atoms with Crippen molar-refractivity contribution < 1.29 is 9.47 Å². The van der Waals surface area contributed by atoms with Gasteiger partial charge in [0.1, 0.15) is 0 Å². The van der Waals surface area contributed by atoms with Crippen molar-refractivity contribution in [2.75, 3.05) is 25.2 Å². The summed E-state index contributed by atoms with van der Waals surface area (Å²) in [7, 11) is 0. The molecule has 0 atom stereocenters. The highest BCUT2D eigenvalue weighted by atomic mass is 79.9. The molecule has 1 aliphatic carbocycles. The molecule has 0 heterocycles. The molecule has 1 fully saturated rings. The van der Waals surface area contributed by atoms with Crippen LogP contribution in [0.3, 0.4) is 0 Å². The maximum Gasteiger partial charge on any atom is 0.0780 e. The minimum atomic E-state index is 0.0832. The molecule has 0 unspecified atom stereocenters. The van der Waals surface area contributed by atoms with Gasteiger partial charge in [0, 0.05) is 11.9 Å². The van der Waals surface area contributed by atoms with Gasteiger partial charge in [-0.3, -0.25) is 0 Å². The van der Waals surface area contributed by atoms with Crippen LogP contribution in [0, 0.1) is 5.92 Å². The van der Waals surface area contributed by atoms with Crippen LogP contribution in [0.15, 0.2) is 0 Å². The van der Waals surface area contributed by atoms with Crippen LogP contribution in [0.5, 0.6) is 0 Å². The van der Waals surface area contributed by atoms with Crippen LogP contribution in [0.25, 0.3) is 0 Å². The molecule has 108 valence electrons. The number of hydrogen-bond donors (Lipinski definition) is 0. The fourth-order valence-corrected chi connectivity index (χ4v) is 3.50. The summed E-state index contributed by atoms with van der Waals surface area (Å²) >= 11 is 3.64. The van der Waals surface area contributed by atoms with Crippen molar-refractivity contribution in [3.63, 3.8) is 0 Å². The van der Waals surface area contributed by atoms with Gasteiger partial charge in [-0.2, -0.15) is 0 Å². The molecule has 1 saturated carbocycles. The monoisotopic (exact) mass is 320 g/mol. The zero-order chi connectivity index (χ0) is 13.3. The largest absolute Gasteiger partial charge is 0.379 e. The van der Waals surface area contributed by atoms with Crippen molar-refractivity contribution >= 4 is 15.9 Å². The first-order valence-electron chi connectivity index (χ1n) is 7.54. The second kappa shape index (κ2) is 9.33. The molecule has 0 amide bonds. The summed E-state index contributed by atoms with van der Waals surface area (Å²) in [5, 5.41) is 0.965. The molecule has 2 nitrogen and oxygen atoms in total. The fourth-order valence-electron chi connectivity index (χ4n) is 2.78. The normalized spacial score (nSPS) is 28.5. The molecule has 3 heteroatoms. The van der Waals surface area contributed by atoms with Gasteiger partial charge in [0.25, 0.3) is 0 Å². The lowest BCUT2D eigenvalue weighted by atomic mass is 9.78. The summed E-state index contributed by atoms with van der Waals surface area (Å²) in [5.74, 6) is 0.933. The molecule has 0 saturated heterocycles. The van der Waals surface area contributed by atoms with Crippen LogP contribution in [-0.4, -0.2) is 30.8 Å². The molecule has 1 rings (SSSR count). The third kappa shape index (κ3) is 5.58. The van der Waals surface area contributed by atoms with Crippen LogP contribution in [0.2, 0.25) is 0 Å². The number of hydrogen-bond acceptors (Lipinski definition) is 2. The van der Waals surface area contributed by atoms with Crippen LogP contribution in [0.1, 0.15) is 58.8 Å². The van der Waals surface area contributed by atoms with Gasteiger partial charge in [-0.25, -0.2) is 0 Å². The van der Waals surface area contributed by atoms with Gasteiger partial charge in [0.05, 0.1) is 18.8 Å². The van der Waals surface area contributed by atoms with E-state index in [4.69, 9.17) is 9.47 Å². The highest BCUT2D eigenvalue weighted by Crippen LogP contribution is 2.37. The standard InChI is InChI=1S/C15H29BrO2/c1-3-5-14-6-8-15(13-16,9-7-14)18-12-11-17-10-4-2/h14H,3-13H2,1-2H3. The molecule has 0 bridgehead atoms. The van der Waals surface area contributed by atoms with E-state index in [9.17, 15) is 0 Å². The van der Waals surface area contributed by atoms with Crippen LogP contribution >= 0.6 is 15.9 Å². The number of rotatable bonds is 9. The average Bonchev–Trinajstić information content (AvgIpc) is 2.41. The minimum Gasteiger partial charge on any atom is -0.379 e. The fraction of sp³-hybridized carbons (Fsp3) is 1.00. The predicted molar refractivity (Wildman–Crippen MR) is 80.5 cm³/mol. The maximum absolute atomic E-state index is 6.12. The van der Waals surface area contributed by atoms with Gasteiger partial charge < -0.3 is 9.47 Å². The van der Waals surface area contributed by atoms with E-state index < -0.39 is 0 Å². The Morgan fingerprint density at radius 3 is 2.33 bits per heavy atom. The highest BCUT2D eigenvalue weighted by molar-refractivity contribution is 9.09. The molecule has 1 aliphatic rings. The SMILES string of the molecule is CCCOCCOC1(CBr)CCC(CCC)CC1. The Morgan fingerprint density at radius 1 is 1.06 bits per heavy atom. The van der Waals surface area contributed by atoms with Gasteiger partial charge in [0.15, 0.2) is 0 Å². The quantitative estimate of drug-likeness (QED) is 0.458. The van der Waals surface area contributed by atoms with Gasteiger partial charge in [-0.1, -0.05) is 42.6 Å². The van der Waals surface area contributed by atoms with Gasteiger partial charge in [-0.15, -0.1) is 0 Å². The maximum atomic E-state index is 6.12. The van der Waals surface area contributed by atoms with Crippen LogP contribution in [0.4, 0.5) is 0 Å². The molecule has 0 aromatic heterocycles. The van der Waals surface area contributed by atoms with Crippen LogP contribution in [-0.2, 0) is 9.47 Å². The van der Waals surface area contributed by atoms with Gasteiger partial charge in [-0.05, 0) is 38.0 Å². The number of halogens is 1. The van der Waals surface area contributed by atoms with Crippen molar-refractivity contribution in [2.45, 2.75) is 64.4 Å². The van der Waals surface area contributed by atoms with E-state index in [-0.39, 0.29) is 5.60 Å². The second-order valence-electron chi connectivity index (χ2n) is 5.51. The Morgan fingerprint density at radius 2 is 1.78 bits per heavy atom. The first kappa shape index (κ1) is 16.5. The Balaban J connectivity index is 2.23. The molecule has 18 heavy (non-hydrogen) atoms. The first-order chi connectivity index (χ1) is 8.76. The van der Waals surface area contributed by atoms with Crippen LogP contribution < -0.4 is 0 Å². The van der Waals surface area contributed by atoms with Crippen molar-refractivity contribution in [1.29, 1.82) is 0 Å². The van der Waals surface area contributed by atoms with Gasteiger partial charge >= 0.3 is 0 Å². The molecule has 0 aromatic rings. The lowest BCUT2D eigenvalue weighted by molar-refractivity contribution is -0.0790. The minimum absolute atomic E-state index is 0.0832. The Bertz CT molecular complexity index is 201. The van der Waals surface area contributed by atoms with Crippen molar-refractivity contribution in [1.82, 2.24) is 0 Å². The van der Waals surface area contributed by atoms with E-state index in [1.807, 2.05) is 0 Å². The summed E-state index contributed by atoms with van der Waals surface area (Å²) in [4.78, 5) is 0. The molecular weight excluding hydrogens is 292 g/mol. The van der Waals surface area contributed by atoms with E-state index >= 15 is 0 Å². The van der Waals surface area contributed by atoms with Gasteiger partial charge in [0.2, 0.25) is 0 Å². The Labute approximate surface area is 121 Å². The zero-order valence-corrected chi connectivity index (χ0v) is 13.6. The zero-order valence-electron chi connectivity index (χ0n) is 12.0. The van der Waals surface area contributed by atoms with Crippen molar-refractivity contribution in [2.24, 2.45) is 5.92 Å². The summed E-state index contributed by atoms with van der Waals surface area (Å²) in [6.07, 6.45) is 8.86. The summed E-state index contributed by atoms with van der Waals surface area (Å²) in [5.41, 5.74) is 0.0832. The molecule has 0 aliphatic heterocycles. The van der Waals surface area contributed by atoms with E-state index in [0.717, 1.165) is 37.5 Å². The topological polar surface area (TPSA) is 18.5 Å². The summed E-state index contributed by atoms with van der Waals surface area (Å²) in [6.45, 7) is 6.75. The molecule has 0 aromatic carbocycles. The van der Waals surface area contributed by atoms with E-state index in [1.54, 1.807) is 0 Å². The number of ether oxygens (including phenoxy) is 2. The van der Waals surface area contributed by atoms with Crippen molar-refractivity contribution in [3.05, 3.63) is 0 Å². The predicted octanol–water partition coefficient (Wildman–Crippen LogP) is 4.55. The lowest BCUT2D eigenvalue weighted by Crippen LogP contribution is -2.39. The first-order valence-corrected chi connectivity index (χ1v) is 8.66. The Hall–Kier alpha value is 0.400. The second-order valence-corrected chi connectivity index (χ2v) is 6.07. The molecule has 0 N–H and O–H groups in total. The Kier molecular flexibility index (Phi) is 8.53. The summed E-state index contributed by atoms with van der Waals surface area (Å²) in [6, 6.07) is 0. The van der Waals surface area contributed by atoms with E-state index in [2.05, 4.69) is 29.8 Å². The third-order valence-electron chi connectivity index (χ3n) is 3.94. The highest BCUT2D eigenvalue weighted by Gasteiger charge is 2.34. The van der Waals surface area contributed by atoms with Crippen molar-refractivity contribution in [3.8, 4) is 0 Å². The van der Waals surface area contributed by atoms with E-state index in [1.165, 1.54) is 38.5 Å². The molecule has 0 spiro atoms.